The SMILES string of the molecule is CCOc1ccc(C(=O)CN2C(=O)N[C@]3(CCSC3)C2=O)cc1. The van der Waals surface area contributed by atoms with Crippen molar-refractivity contribution >= 4 is 29.5 Å². The van der Waals surface area contributed by atoms with Gasteiger partial charge in [-0.3, -0.25) is 14.5 Å². The van der Waals surface area contributed by atoms with Gasteiger partial charge >= 0.3 is 6.03 Å². The summed E-state index contributed by atoms with van der Waals surface area (Å²) in [6, 6.07) is 6.23. The number of hydrogen-bond donors (Lipinski definition) is 1. The van der Waals surface area contributed by atoms with Crippen LogP contribution in [0.4, 0.5) is 4.79 Å². The number of rotatable bonds is 5. The minimum Gasteiger partial charge on any atom is -0.494 e. The van der Waals surface area contributed by atoms with Crippen molar-refractivity contribution in [2.75, 3.05) is 24.7 Å². The molecule has 122 valence electrons. The van der Waals surface area contributed by atoms with E-state index >= 15 is 0 Å². The van der Waals surface area contributed by atoms with Gasteiger partial charge in [-0.2, -0.15) is 11.8 Å². The minimum absolute atomic E-state index is 0.231. The van der Waals surface area contributed by atoms with Gasteiger partial charge in [0.25, 0.3) is 5.91 Å². The maximum atomic E-state index is 12.5. The largest absolute Gasteiger partial charge is 0.494 e. The van der Waals surface area contributed by atoms with E-state index in [1.165, 1.54) is 0 Å². The van der Waals surface area contributed by atoms with Crippen molar-refractivity contribution in [3.8, 4) is 5.75 Å². The Hall–Kier alpha value is -2.02. The van der Waals surface area contributed by atoms with Crippen molar-refractivity contribution < 1.29 is 19.1 Å². The Morgan fingerprint density at radius 2 is 2.09 bits per heavy atom. The van der Waals surface area contributed by atoms with Crippen LogP contribution in [-0.4, -0.2) is 52.8 Å². The lowest BCUT2D eigenvalue weighted by Gasteiger charge is -2.18. The third-order valence-electron chi connectivity index (χ3n) is 4.06. The molecule has 1 aromatic carbocycles. The van der Waals surface area contributed by atoms with E-state index in [1.54, 1.807) is 36.0 Å². The molecule has 3 rings (SSSR count). The molecule has 0 saturated carbocycles. The molecule has 2 aliphatic heterocycles. The zero-order chi connectivity index (χ0) is 16.4. The van der Waals surface area contributed by atoms with E-state index in [0.717, 1.165) is 10.7 Å². The number of benzene rings is 1. The Kier molecular flexibility index (Phi) is 4.30. The molecule has 7 heteroatoms. The molecule has 23 heavy (non-hydrogen) atoms. The number of carbonyl (C=O) groups excluding carboxylic acids is 3. The van der Waals surface area contributed by atoms with Crippen molar-refractivity contribution in [2.24, 2.45) is 0 Å². The first kappa shape index (κ1) is 15.9. The number of hydrogen-bond acceptors (Lipinski definition) is 5. The highest BCUT2D eigenvalue weighted by atomic mass is 32.2. The fraction of sp³-hybridized carbons (Fsp3) is 0.438. The number of ketones is 1. The molecule has 0 bridgehead atoms. The van der Waals surface area contributed by atoms with Crippen LogP contribution in [0.25, 0.3) is 0 Å². The number of thioether (sulfide) groups is 1. The zero-order valence-electron chi connectivity index (χ0n) is 12.8. The number of amides is 3. The van der Waals surface area contributed by atoms with Crippen LogP contribution in [-0.2, 0) is 4.79 Å². The maximum absolute atomic E-state index is 12.5. The number of ether oxygens (including phenoxy) is 1. The summed E-state index contributed by atoms with van der Waals surface area (Å²) in [5.41, 5.74) is -0.350. The number of carbonyl (C=O) groups is 3. The first-order valence-corrected chi connectivity index (χ1v) is 8.69. The van der Waals surface area contributed by atoms with E-state index in [2.05, 4.69) is 5.32 Å². The van der Waals surface area contributed by atoms with E-state index in [1.807, 2.05) is 6.92 Å². The average molecular weight is 334 g/mol. The van der Waals surface area contributed by atoms with E-state index in [9.17, 15) is 14.4 Å². The van der Waals surface area contributed by atoms with Crippen LogP contribution in [0.2, 0.25) is 0 Å². The van der Waals surface area contributed by atoms with Crippen molar-refractivity contribution in [1.82, 2.24) is 10.2 Å². The van der Waals surface area contributed by atoms with Gasteiger partial charge in [-0.05, 0) is 43.4 Å². The molecule has 0 aromatic heterocycles. The summed E-state index contributed by atoms with van der Waals surface area (Å²) in [5.74, 6) is 1.55. The first-order valence-electron chi connectivity index (χ1n) is 7.54. The molecular formula is C16H18N2O4S. The quantitative estimate of drug-likeness (QED) is 0.655. The summed E-state index contributed by atoms with van der Waals surface area (Å²) in [7, 11) is 0. The summed E-state index contributed by atoms with van der Waals surface area (Å²) < 4.78 is 5.33. The van der Waals surface area contributed by atoms with Gasteiger partial charge in [-0.15, -0.1) is 0 Å². The van der Waals surface area contributed by atoms with E-state index in [4.69, 9.17) is 4.74 Å². The van der Waals surface area contributed by atoms with Gasteiger partial charge in [0.05, 0.1) is 13.2 Å². The van der Waals surface area contributed by atoms with Crippen LogP contribution in [0.3, 0.4) is 0 Å². The molecule has 0 radical (unpaired) electrons. The normalized spacial score (nSPS) is 23.4. The van der Waals surface area contributed by atoms with Crippen LogP contribution >= 0.6 is 11.8 Å². The van der Waals surface area contributed by atoms with Crippen molar-refractivity contribution in [2.45, 2.75) is 18.9 Å². The second kappa shape index (κ2) is 6.23. The fourth-order valence-corrected chi connectivity index (χ4v) is 4.12. The first-order chi connectivity index (χ1) is 11.1. The van der Waals surface area contributed by atoms with Crippen LogP contribution in [0, 0.1) is 0 Å². The lowest BCUT2D eigenvalue weighted by Crippen LogP contribution is -2.47. The average Bonchev–Trinajstić information content (AvgIpc) is 3.10. The molecule has 1 spiro atoms. The van der Waals surface area contributed by atoms with Crippen LogP contribution in [0.15, 0.2) is 24.3 Å². The van der Waals surface area contributed by atoms with Gasteiger partial charge in [0.15, 0.2) is 5.78 Å². The van der Waals surface area contributed by atoms with Crippen molar-refractivity contribution in [3.63, 3.8) is 0 Å². The van der Waals surface area contributed by atoms with Gasteiger partial charge < -0.3 is 10.1 Å². The summed E-state index contributed by atoms with van der Waals surface area (Å²) in [4.78, 5) is 37.9. The highest BCUT2D eigenvalue weighted by Gasteiger charge is 2.53. The molecule has 1 aromatic rings. The third-order valence-corrected chi connectivity index (χ3v) is 5.25. The Balaban J connectivity index is 1.70. The lowest BCUT2D eigenvalue weighted by molar-refractivity contribution is -0.130. The second-order valence-electron chi connectivity index (χ2n) is 5.59. The Morgan fingerprint density at radius 1 is 1.35 bits per heavy atom. The van der Waals surface area contributed by atoms with E-state index in [0.29, 0.717) is 30.1 Å². The predicted molar refractivity (Wildman–Crippen MR) is 86.9 cm³/mol. The Morgan fingerprint density at radius 3 is 2.70 bits per heavy atom. The molecule has 6 nitrogen and oxygen atoms in total. The van der Waals surface area contributed by atoms with Crippen molar-refractivity contribution in [3.05, 3.63) is 29.8 Å². The summed E-state index contributed by atoms with van der Waals surface area (Å²) in [6.45, 7) is 2.20. The summed E-state index contributed by atoms with van der Waals surface area (Å²) in [6.07, 6.45) is 0.621. The number of imide groups is 1. The molecule has 2 saturated heterocycles. The highest BCUT2D eigenvalue weighted by molar-refractivity contribution is 7.99. The van der Waals surface area contributed by atoms with Crippen molar-refractivity contribution in [1.29, 1.82) is 0 Å². The molecule has 0 unspecified atom stereocenters. The molecule has 0 aliphatic carbocycles. The fourth-order valence-electron chi connectivity index (χ4n) is 2.79. The number of Topliss-reactive ketones (excluding diaryl/α,β-unsaturated/α-hetero) is 1. The molecule has 2 aliphatic rings. The third kappa shape index (κ3) is 2.93. The predicted octanol–water partition coefficient (Wildman–Crippen LogP) is 1.70. The van der Waals surface area contributed by atoms with Gasteiger partial charge in [0.2, 0.25) is 0 Å². The topological polar surface area (TPSA) is 75.7 Å². The monoisotopic (exact) mass is 334 g/mol. The summed E-state index contributed by atoms with van der Waals surface area (Å²) in [5, 5.41) is 2.76. The zero-order valence-corrected chi connectivity index (χ0v) is 13.6. The van der Waals surface area contributed by atoms with Gasteiger partial charge in [-0.1, -0.05) is 0 Å². The maximum Gasteiger partial charge on any atom is 0.325 e. The minimum atomic E-state index is -0.805. The standard InChI is InChI=1S/C16H18N2O4S/c1-2-22-12-5-3-11(4-6-12)13(19)9-18-14(20)16(17-15(18)21)7-8-23-10-16/h3-6H,2,7-10H2,1H3,(H,17,21)/t16-/m0/s1. The van der Waals surface area contributed by atoms with Crippen LogP contribution in [0.1, 0.15) is 23.7 Å². The van der Waals surface area contributed by atoms with E-state index < -0.39 is 11.6 Å². The molecule has 3 amide bonds. The summed E-state index contributed by atoms with van der Waals surface area (Å²) >= 11 is 1.64. The lowest BCUT2D eigenvalue weighted by atomic mass is 9.99. The van der Waals surface area contributed by atoms with Gasteiger partial charge in [-0.25, -0.2) is 4.79 Å². The van der Waals surface area contributed by atoms with Gasteiger partial charge in [0.1, 0.15) is 11.3 Å². The van der Waals surface area contributed by atoms with Crippen LogP contribution in [0.5, 0.6) is 5.75 Å². The number of nitrogens with one attached hydrogen (secondary N) is 1. The van der Waals surface area contributed by atoms with Gasteiger partial charge in [0, 0.05) is 11.3 Å². The molecular weight excluding hydrogens is 316 g/mol. The smallest absolute Gasteiger partial charge is 0.325 e. The van der Waals surface area contributed by atoms with Crippen LogP contribution < -0.4 is 10.1 Å². The molecule has 2 fully saturated rings. The second-order valence-corrected chi connectivity index (χ2v) is 6.69. The molecule has 1 atom stereocenters. The number of urea groups is 1. The highest BCUT2D eigenvalue weighted by Crippen LogP contribution is 2.33. The van der Waals surface area contributed by atoms with E-state index in [-0.39, 0.29) is 18.2 Å². The molecule has 1 N–H and O–H groups in total. The number of nitrogens with zero attached hydrogens (tertiary/aromatic N) is 1. The Labute approximate surface area is 138 Å². The Bertz CT molecular complexity index is 638. The molecule has 2 heterocycles.